The molecule has 0 fully saturated rings. The molecule has 2 aromatic heterocycles. The lowest BCUT2D eigenvalue weighted by Crippen LogP contribution is -2.46. The van der Waals surface area contributed by atoms with E-state index in [1.807, 2.05) is 53.7 Å². The number of carbonyl (C=O) groups is 2. The molecule has 49 heavy (non-hydrogen) atoms. The summed E-state index contributed by atoms with van der Waals surface area (Å²) >= 11 is 0. The van der Waals surface area contributed by atoms with Crippen molar-refractivity contribution in [2.24, 2.45) is 0 Å². The number of nitrogens with one attached hydrogen (secondary N) is 1. The highest BCUT2D eigenvalue weighted by atomic mass is 28.4. The summed E-state index contributed by atoms with van der Waals surface area (Å²) in [7, 11) is -0.387. The molecule has 13 heteroatoms. The summed E-state index contributed by atoms with van der Waals surface area (Å²) in [4.78, 5) is 38.9. The summed E-state index contributed by atoms with van der Waals surface area (Å²) < 4.78 is 14.2. The molecule has 3 aromatic rings. The second-order valence-electron chi connectivity index (χ2n) is 16.0. The Morgan fingerprint density at radius 1 is 1.16 bits per heavy atom. The van der Waals surface area contributed by atoms with Crippen LogP contribution in [0.5, 0.6) is 0 Å². The lowest BCUT2D eigenvalue weighted by molar-refractivity contribution is -0.132. The maximum absolute atomic E-state index is 13.6. The lowest BCUT2D eigenvalue weighted by atomic mass is 9.83. The summed E-state index contributed by atoms with van der Waals surface area (Å²) in [6, 6.07) is 9.75. The van der Waals surface area contributed by atoms with Gasteiger partial charge in [0.25, 0.3) is 0 Å². The molecule has 0 unspecified atom stereocenters. The number of benzene rings is 1. The molecule has 3 heterocycles. The maximum Gasteiger partial charge on any atom is 0.414 e. The van der Waals surface area contributed by atoms with Gasteiger partial charge in [-0.3, -0.25) is 9.69 Å². The number of hydrogen-bond acceptors (Lipinski definition) is 9. The Bertz CT molecular complexity index is 1770. The third kappa shape index (κ3) is 8.30. The summed E-state index contributed by atoms with van der Waals surface area (Å²) in [5.74, 6) is 0.816. The maximum atomic E-state index is 13.6. The SMILES string of the molecule is Cc1cc(Nc2nccc(-c3cc(C#N)c4c(c3)[C@@](C)(CO[Si](C)(C)C(C)(C)C)CN4C(=O)OC(C)(C)C)n2)n(CC(=O)N(C)C(C)C)n1. The highest BCUT2D eigenvalue weighted by Gasteiger charge is 2.47. The van der Waals surface area contributed by atoms with E-state index in [9.17, 15) is 14.9 Å². The molecule has 1 aliphatic rings. The minimum Gasteiger partial charge on any atom is -0.443 e. The Morgan fingerprint density at radius 2 is 1.84 bits per heavy atom. The topological polar surface area (TPSA) is 138 Å². The van der Waals surface area contributed by atoms with E-state index in [0.29, 0.717) is 47.4 Å². The third-order valence-corrected chi connectivity index (χ3v) is 13.9. The van der Waals surface area contributed by atoms with E-state index in [1.165, 1.54) is 0 Å². The molecule has 2 amide bonds. The van der Waals surface area contributed by atoms with E-state index < -0.39 is 25.4 Å². The molecule has 1 aromatic carbocycles. The van der Waals surface area contributed by atoms with Crippen LogP contribution in [0.3, 0.4) is 0 Å². The van der Waals surface area contributed by atoms with Crippen LogP contribution in [0.25, 0.3) is 11.3 Å². The number of carbonyl (C=O) groups excluding carboxylic acids is 2. The molecule has 1 aliphatic heterocycles. The van der Waals surface area contributed by atoms with Gasteiger partial charge in [0, 0.05) is 49.5 Å². The van der Waals surface area contributed by atoms with Gasteiger partial charge in [-0.15, -0.1) is 0 Å². The van der Waals surface area contributed by atoms with Gasteiger partial charge < -0.3 is 19.4 Å². The van der Waals surface area contributed by atoms with Crippen molar-refractivity contribution in [1.82, 2.24) is 24.6 Å². The molecule has 0 saturated carbocycles. The summed E-state index contributed by atoms with van der Waals surface area (Å²) in [5, 5.41) is 18.2. The summed E-state index contributed by atoms with van der Waals surface area (Å²) in [5.41, 5.74) is 2.37. The van der Waals surface area contributed by atoms with Gasteiger partial charge in [0.1, 0.15) is 24.0 Å². The van der Waals surface area contributed by atoms with E-state index in [2.05, 4.69) is 62.3 Å². The minimum atomic E-state index is -2.16. The Morgan fingerprint density at radius 3 is 2.43 bits per heavy atom. The van der Waals surface area contributed by atoms with Gasteiger partial charge in [0.05, 0.1) is 22.6 Å². The van der Waals surface area contributed by atoms with Crippen molar-refractivity contribution in [2.75, 3.05) is 30.4 Å². The third-order valence-electron chi connectivity index (χ3n) is 9.38. The van der Waals surface area contributed by atoms with Crippen molar-refractivity contribution in [1.29, 1.82) is 5.26 Å². The van der Waals surface area contributed by atoms with E-state index in [4.69, 9.17) is 14.1 Å². The monoisotopic (exact) mass is 688 g/mol. The standard InChI is InChI=1S/C36H52N8O4Si/c1-23(2)42(11)30(45)20-44-29(16-24(3)41-44)40-32-38-15-14-28(39-32)25-17-26(19-37)31-27(18-25)36(10,22-47-49(12,13)35(7,8)9)21-43(31)33(46)48-34(4,5)6/h14-18,23H,20-22H2,1-13H3,(H,38,39,40)/t36-/m1/s1. The van der Waals surface area contributed by atoms with Gasteiger partial charge in [0.15, 0.2) is 8.32 Å². The van der Waals surface area contributed by atoms with Crippen LogP contribution in [0.1, 0.15) is 79.1 Å². The van der Waals surface area contributed by atoms with Crippen molar-refractivity contribution in [3.8, 4) is 17.3 Å². The van der Waals surface area contributed by atoms with Gasteiger partial charge in [-0.25, -0.2) is 19.4 Å². The van der Waals surface area contributed by atoms with Crippen molar-refractivity contribution >= 4 is 37.8 Å². The van der Waals surface area contributed by atoms with Crippen LogP contribution >= 0.6 is 0 Å². The van der Waals surface area contributed by atoms with Crippen LogP contribution in [-0.2, 0) is 25.9 Å². The zero-order valence-corrected chi connectivity index (χ0v) is 32.3. The predicted molar refractivity (Wildman–Crippen MR) is 194 cm³/mol. The van der Waals surface area contributed by atoms with Crippen molar-refractivity contribution in [3.63, 3.8) is 0 Å². The number of aryl methyl sites for hydroxylation is 1. The lowest BCUT2D eigenvalue weighted by Gasteiger charge is -2.39. The molecule has 1 N–H and O–H groups in total. The van der Waals surface area contributed by atoms with Gasteiger partial charge >= 0.3 is 6.09 Å². The number of aromatic nitrogens is 4. The number of nitrogens with zero attached hydrogens (tertiary/aromatic N) is 7. The number of anilines is 3. The second kappa shape index (κ2) is 13.6. The first-order valence-corrected chi connectivity index (χ1v) is 19.6. The van der Waals surface area contributed by atoms with Crippen molar-refractivity contribution < 1.29 is 18.8 Å². The largest absolute Gasteiger partial charge is 0.443 e. The Balaban J connectivity index is 1.75. The number of likely N-dealkylation sites (N-methyl/N-ethyl adjacent to an activating group) is 1. The first-order valence-electron chi connectivity index (χ1n) is 16.7. The summed E-state index contributed by atoms with van der Waals surface area (Å²) in [6.45, 7) is 25.0. The Labute approximate surface area is 291 Å². The first-order chi connectivity index (χ1) is 22.5. The molecule has 0 spiro atoms. The number of nitriles is 1. The van der Waals surface area contributed by atoms with Crippen LogP contribution in [-0.4, -0.2) is 76.8 Å². The molecule has 264 valence electrons. The van der Waals surface area contributed by atoms with Crippen molar-refractivity contribution in [3.05, 3.63) is 47.3 Å². The van der Waals surface area contributed by atoms with E-state index >= 15 is 0 Å². The average Bonchev–Trinajstić information content (AvgIpc) is 3.49. The van der Waals surface area contributed by atoms with Gasteiger partial charge in [-0.1, -0.05) is 27.7 Å². The zero-order valence-electron chi connectivity index (χ0n) is 31.3. The highest BCUT2D eigenvalue weighted by Crippen LogP contribution is 2.47. The van der Waals surface area contributed by atoms with Crippen LogP contribution < -0.4 is 10.2 Å². The van der Waals surface area contributed by atoms with Gasteiger partial charge in [-0.2, -0.15) is 10.4 Å². The van der Waals surface area contributed by atoms with Crippen LogP contribution in [0.4, 0.5) is 22.2 Å². The molecule has 4 rings (SSSR count). The summed E-state index contributed by atoms with van der Waals surface area (Å²) in [6.07, 6.45) is 1.13. The predicted octanol–water partition coefficient (Wildman–Crippen LogP) is 7.17. The van der Waals surface area contributed by atoms with Crippen LogP contribution in [0.2, 0.25) is 18.1 Å². The number of fused-ring (bicyclic) bond motifs is 1. The number of amides is 2. The fourth-order valence-electron chi connectivity index (χ4n) is 5.27. The van der Waals surface area contributed by atoms with Crippen LogP contribution in [0, 0.1) is 18.3 Å². The van der Waals surface area contributed by atoms with Gasteiger partial charge in [-0.05, 0) is 83.4 Å². The fourth-order valence-corrected chi connectivity index (χ4v) is 6.39. The normalized spacial score (nSPS) is 16.4. The molecule has 1 atom stereocenters. The molecular formula is C36H52N8O4Si. The zero-order chi connectivity index (χ0) is 36.7. The van der Waals surface area contributed by atoms with E-state index in [-0.39, 0.29) is 23.5 Å². The number of ether oxygens (including phenoxy) is 1. The molecule has 0 saturated heterocycles. The first kappa shape index (κ1) is 37.5. The van der Waals surface area contributed by atoms with E-state index in [0.717, 1.165) is 11.3 Å². The molecule has 0 aliphatic carbocycles. The number of hydrogen-bond donors (Lipinski definition) is 1. The molecular weight excluding hydrogens is 637 g/mol. The van der Waals surface area contributed by atoms with Crippen LogP contribution in [0.15, 0.2) is 30.5 Å². The molecule has 0 radical (unpaired) electrons. The fraction of sp³-hybridized carbons (Fsp3) is 0.556. The van der Waals surface area contributed by atoms with Gasteiger partial charge in [0.2, 0.25) is 11.9 Å². The quantitative estimate of drug-likeness (QED) is 0.232. The molecule has 12 nitrogen and oxygen atoms in total. The molecule has 0 bridgehead atoms. The highest BCUT2D eigenvalue weighted by molar-refractivity contribution is 6.74. The van der Waals surface area contributed by atoms with E-state index in [1.54, 1.807) is 39.9 Å². The smallest absolute Gasteiger partial charge is 0.414 e. The minimum absolute atomic E-state index is 0.00871. The Hall–Kier alpha value is -4.28. The number of rotatable bonds is 9. The second-order valence-corrected chi connectivity index (χ2v) is 20.8. The Kier molecular flexibility index (Phi) is 10.4. The van der Waals surface area contributed by atoms with Crippen molar-refractivity contribution in [2.45, 2.75) is 111 Å². The average molecular weight is 689 g/mol.